The Hall–Kier alpha value is -2.87. The number of aromatic nitrogens is 4. The van der Waals surface area contributed by atoms with E-state index in [0.29, 0.717) is 23.2 Å². The average Bonchev–Trinajstić information content (AvgIpc) is 3.01. The van der Waals surface area contributed by atoms with E-state index < -0.39 is 24.7 Å². The first-order valence-corrected chi connectivity index (χ1v) is 11.1. The summed E-state index contributed by atoms with van der Waals surface area (Å²) in [6, 6.07) is 6.81. The molecule has 0 saturated heterocycles. The lowest BCUT2D eigenvalue weighted by Gasteiger charge is -2.14. The Morgan fingerprint density at radius 1 is 1.21 bits per heavy atom. The zero-order valence-corrected chi connectivity index (χ0v) is 16.8. The lowest BCUT2D eigenvalue weighted by atomic mass is 10.1. The van der Waals surface area contributed by atoms with Crippen LogP contribution in [0.1, 0.15) is 11.3 Å². The van der Waals surface area contributed by atoms with Gasteiger partial charge in [0.25, 0.3) is 0 Å². The molecule has 0 aliphatic carbocycles. The van der Waals surface area contributed by atoms with Gasteiger partial charge < -0.3 is 14.4 Å². The number of H-pyrrole nitrogens is 1. The van der Waals surface area contributed by atoms with Gasteiger partial charge in [-0.1, -0.05) is 24.3 Å². The zero-order chi connectivity index (χ0) is 21.4. The summed E-state index contributed by atoms with van der Waals surface area (Å²) in [5, 5.41) is 3.47. The van der Waals surface area contributed by atoms with E-state index in [4.69, 9.17) is 0 Å². The number of nitrogens with zero attached hydrogens (tertiary/aromatic N) is 3. The van der Waals surface area contributed by atoms with Gasteiger partial charge in [0.15, 0.2) is 5.69 Å². The summed E-state index contributed by atoms with van der Waals surface area (Å²) < 4.78 is 52.2. The predicted molar refractivity (Wildman–Crippen MR) is 105 cm³/mol. The molecule has 0 aliphatic heterocycles. The minimum Gasteiger partial charge on any atom is -0.367 e. The van der Waals surface area contributed by atoms with Crippen molar-refractivity contribution in [3.05, 3.63) is 58.4 Å². The van der Waals surface area contributed by atoms with Crippen LogP contribution in [0.2, 0.25) is 0 Å². The molecule has 1 aromatic carbocycles. The number of aromatic amines is 1. The molecule has 0 unspecified atom stereocenters. The SMILES string of the molecule is Cn1cc(C(F)(F)F)nc1-c1ccc(CNc2[nH]c(=O)ncc2P(C)(C)=O)cc1. The summed E-state index contributed by atoms with van der Waals surface area (Å²) in [6.45, 7) is 3.45. The van der Waals surface area contributed by atoms with Gasteiger partial charge in [-0.25, -0.2) is 14.8 Å². The molecule has 7 nitrogen and oxygen atoms in total. The van der Waals surface area contributed by atoms with E-state index in [1.165, 1.54) is 17.8 Å². The number of nitrogens with one attached hydrogen (secondary N) is 2. The third kappa shape index (κ3) is 4.76. The highest BCUT2D eigenvalue weighted by molar-refractivity contribution is 7.70. The number of hydrogen-bond donors (Lipinski definition) is 2. The second-order valence-corrected chi connectivity index (χ2v) is 10.1. The largest absolute Gasteiger partial charge is 0.434 e. The molecule has 3 rings (SSSR count). The summed E-state index contributed by atoms with van der Waals surface area (Å²) in [5.41, 5.74) is -0.158. The van der Waals surface area contributed by atoms with E-state index in [0.717, 1.165) is 11.8 Å². The van der Waals surface area contributed by atoms with E-state index in [9.17, 15) is 22.5 Å². The Kier molecular flexibility index (Phi) is 5.40. The van der Waals surface area contributed by atoms with Crippen LogP contribution < -0.4 is 16.3 Å². The van der Waals surface area contributed by atoms with Crippen molar-refractivity contribution in [2.75, 3.05) is 18.6 Å². The summed E-state index contributed by atoms with van der Waals surface area (Å²) in [5.74, 6) is 0.539. The summed E-state index contributed by atoms with van der Waals surface area (Å²) >= 11 is 0. The molecule has 0 saturated carbocycles. The number of hydrogen-bond acceptors (Lipinski definition) is 5. The smallest absolute Gasteiger partial charge is 0.367 e. The van der Waals surface area contributed by atoms with Gasteiger partial charge in [-0.15, -0.1) is 0 Å². The highest BCUT2D eigenvalue weighted by Crippen LogP contribution is 2.36. The number of alkyl halides is 3. The molecule has 2 heterocycles. The first-order chi connectivity index (χ1) is 13.4. The Labute approximate surface area is 164 Å². The number of benzene rings is 1. The lowest BCUT2D eigenvalue weighted by molar-refractivity contribution is -0.140. The van der Waals surface area contributed by atoms with Crippen LogP contribution in [0, 0.1) is 0 Å². The fraction of sp³-hybridized carbons (Fsp3) is 0.278. The summed E-state index contributed by atoms with van der Waals surface area (Å²) in [7, 11) is -1.16. The fourth-order valence-corrected chi connectivity index (χ4v) is 3.77. The van der Waals surface area contributed by atoms with Crippen LogP contribution in [0.4, 0.5) is 19.0 Å². The maximum Gasteiger partial charge on any atom is 0.434 e. The molecular weight excluding hydrogens is 406 g/mol. The standard InChI is InChI=1S/C18H19F3N5O2P/c1-26-10-14(18(19,20)21)24-16(26)12-6-4-11(5-7-12)8-22-15-13(29(2,3)28)9-23-17(27)25-15/h4-7,9-10H,8H2,1-3H3,(H2,22,23,25,27). The number of imidazole rings is 1. The van der Waals surface area contributed by atoms with Gasteiger partial charge in [0.1, 0.15) is 18.8 Å². The number of aryl methyl sites for hydroxylation is 1. The third-order valence-corrected chi connectivity index (χ3v) is 5.72. The van der Waals surface area contributed by atoms with Gasteiger partial charge in [-0.05, 0) is 18.9 Å². The van der Waals surface area contributed by atoms with Crippen molar-refractivity contribution < 1.29 is 17.7 Å². The van der Waals surface area contributed by atoms with Crippen LogP contribution in [0.5, 0.6) is 0 Å². The van der Waals surface area contributed by atoms with Crippen molar-refractivity contribution in [2.24, 2.45) is 7.05 Å². The van der Waals surface area contributed by atoms with E-state index in [-0.39, 0.29) is 5.82 Å². The lowest BCUT2D eigenvalue weighted by Crippen LogP contribution is -2.22. The Morgan fingerprint density at radius 2 is 1.86 bits per heavy atom. The zero-order valence-electron chi connectivity index (χ0n) is 15.9. The van der Waals surface area contributed by atoms with E-state index >= 15 is 0 Å². The molecule has 0 fully saturated rings. The van der Waals surface area contributed by atoms with E-state index in [1.807, 2.05) is 0 Å². The van der Waals surface area contributed by atoms with Crippen LogP contribution in [-0.2, 0) is 24.3 Å². The molecule has 3 aromatic rings. The second kappa shape index (κ2) is 7.51. The average molecular weight is 425 g/mol. The fourth-order valence-electron chi connectivity index (χ4n) is 2.76. The van der Waals surface area contributed by atoms with Crippen molar-refractivity contribution in [3.8, 4) is 11.4 Å². The maximum absolute atomic E-state index is 12.8. The highest BCUT2D eigenvalue weighted by atomic mass is 31.2. The molecule has 0 spiro atoms. The molecular formula is C18H19F3N5O2P. The Morgan fingerprint density at radius 3 is 2.41 bits per heavy atom. The van der Waals surface area contributed by atoms with Crippen molar-refractivity contribution in [3.63, 3.8) is 0 Å². The monoisotopic (exact) mass is 425 g/mol. The summed E-state index contributed by atoms with van der Waals surface area (Å²) in [6.07, 6.45) is -2.26. The Balaban J connectivity index is 1.80. The van der Waals surface area contributed by atoms with Crippen molar-refractivity contribution in [2.45, 2.75) is 12.7 Å². The molecule has 2 N–H and O–H groups in total. The van der Waals surface area contributed by atoms with Gasteiger partial charge in [0, 0.05) is 31.5 Å². The predicted octanol–water partition coefficient (Wildman–Crippen LogP) is 3.05. The summed E-state index contributed by atoms with van der Waals surface area (Å²) in [4.78, 5) is 21.3. The molecule has 2 aromatic heterocycles. The van der Waals surface area contributed by atoms with Crippen LogP contribution in [0.25, 0.3) is 11.4 Å². The van der Waals surface area contributed by atoms with Crippen molar-refractivity contribution >= 4 is 18.3 Å². The first-order valence-electron chi connectivity index (χ1n) is 8.54. The minimum absolute atomic E-state index is 0.204. The van der Waals surface area contributed by atoms with Crippen LogP contribution in [0.3, 0.4) is 0 Å². The number of anilines is 1. The Bertz CT molecular complexity index is 1130. The van der Waals surface area contributed by atoms with Crippen molar-refractivity contribution in [1.82, 2.24) is 19.5 Å². The van der Waals surface area contributed by atoms with Crippen LogP contribution >= 0.6 is 7.14 Å². The molecule has 29 heavy (non-hydrogen) atoms. The van der Waals surface area contributed by atoms with E-state index in [2.05, 4.69) is 20.3 Å². The van der Waals surface area contributed by atoms with Gasteiger partial charge in [-0.2, -0.15) is 13.2 Å². The topological polar surface area (TPSA) is 92.7 Å². The quantitative estimate of drug-likeness (QED) is 0.613. The molecule has 154 valence electrons. The maximum atomic E-state index is 12.8. The third-order valence-electron chi connectivity index (χ3n) is 4.22. The van der Waals surface area contributed by atoms with E-state index in [1.54, 1.807) is 37.6 Å². The van der Waals surface area contributed by atoms with Gasteiger partial charge in [-0.3, -0.25) is 4.98 Å². The number of rotatable bonds is 5. The van der Waals surface area contributed by atoms with Gasteiger partial charge >= 0.3 is 11.9 Å². The molecule has 0 aliphatic rings. The number of halogens is 3. The molecule has 11 heteroatoms. The second-order valence-electron chi connectivity index (χ2n) is 6.91. The minimum atomic E-state index is -4.50. The normalized spacial score (nSPS) is 12.2. The van der Waals surface area contributed by atoms with Gasteiger partial charge in [0.05, 0.1) is 5.30 Å². The van der Waals surface area contributed by atoms with Gasteiger partial charge in [0.2, 0.25) is 0 Å². The highest BCUT2D eigenvalue weighted by Gasteiger charge is 2.34. The molecule has 0 amide bonds. The van der Waals surface area contributed by atoms with Crippen LogP contribution in [-0.4, -0.2) is 32.8 Å². The molecule has 0 atom stereocenters. The molecule has 0 radical (unpaired) electrons. The van der Waals surface area contributed by atoms with Crippen LogP contribution in [0.15, 0.2) is 41.5 Å². The first kappa shape index (κ1) is 20.9. The molecule has 0 bridgehead atoms. The van der Waals surface area contributed by atoms with Crippen molar-refractivity contribution in [1.29, 1.82) is 0 Å².